The van der Waals surface area contributed by atoms with Crippen LogP contribution in [-0.4, -0.2) is 0 Å². The monoisotopic (exact) mass is 350 g/mol. The van der Waals surface area contributed by atoms with E-state index < -0.39 is 17.5 Å². The van der Waals surface area contributed by atoms with E-state index in [2.05, 4.69) is 15.9 Å². The Morgan fingerprint density at radius 1 is 1.05 bits per heavy atom. The molecule has 0 aliphatic rings. The third-order valence-electron chi connectivity index (χ3n) is 2.39. The lowest BCUT2D eigenvalue weighted by Gasteiger charge is -2.11. The van der Waals surface area contributed by atoms with Crippen LogP contribution in [0.3, 0.4) is 0 Å². The predicted octanol–water partition coefficient (Wildman–Crippen LogP) is 5.40. The van der Waals surface area contributed by atoms with Gasteiger partial charge in [0.25, 0.3) is 0 Å². The lowest BCUT2D eigenvalue weighted by Crippen LogP contribution is -1.96. The van der Waals surface area contributed by atoms with E-state index in [4.69, 9.17) is 16.3 Å². The van der Waals surface area contributed by atoms with Crippen molar-refractivity contribution in [2.24, 2.45) is 0 Å². The Balaban J connectivity index is 2.45. The molecule has 2 aromatic carbocycles. The lowest BCUT2D eigenvalue weighted by molar-refractivity contribution is 0.410. The molecule has 0 N–H and O–H groups in total. The van der Waals surface area contributed by atoms with Crippen molar-refractivity contribution in [2.75, 3.05) is 0 Å². The molecule has 0 unspecified atom stereocenters. The summed E-state index contributed by atoms with van der Waals surface area (Å²) in [6.07, 6.45) is 0. The average molecular weight is 352 g/mol. The predicted molar refractivity (Wildman–Crippen MR) is 70.1 cm³/mol. The van der Waals surface area contributed by atoms with Crippen LogP contribution >= 0.6 is 27.5 Å². The molecule has 2 aromatic rings. The van der Waals surface area contributed by atoms with Gasteiger partial charge in [0.1, 0.15) is 11.6 Å². The number of hydrogen-bond donors (Lipinski definition) is 0. The van der Waals surface area contributed by atoms with Crippen LogP contribution in [0.4, 0.5) is 13.2 Å². The molecule has 0 spiro atoms. The first-order chi connectivity index (χ1) is 9.02. The summed E-state index contributed by atoms with van der Waals surface area (Å²) in [6, 6.07) is 6.26. The van der Waals surface area contributed by atoms with E-state index >= 15 is 0 Å². The average Bonchev–Trinajstić information content (AvgIpc) is 2.35. The Bertz CT molecular complexity index is 619. The highest BCUT2D eigenvalue weighted by atomic mass is 79.9. The quantitative estimate of drug-likeness (QED) is 0.531. The summed E-state index contributed by atoms with van der Waals surface area (Å²) in [5.74, 6) is -3.21. The van der Waals surface area contributed by atoms with Crippen molar-refractivity contribution in [1.29, 1.82) is 0 Å². The van der Waals surface area contributed by atoms with E-state index in [9.17, 15) is 13.2 Å². The normalized spacial score (nSPS) is 10.6. The zero-order valence-corrected chi connectivity index (χ0v) is 11.7. The molecule has 0 bridgehead atoms. The van der Waals surface area contributed by atoms with Gasteiger partial charge in [-0.25, -0.2) is 8.78 Å². The SMILES string of the molecule is Fc1cc(Br)cc(Oc2cccc(F)c2CCl)c1F. The van der Waals surface area contributed by atoms with E-state index in [0.29, 0.717) is 4.47 Å². The number of rotatable bonds is 3. The highest BCUT2D eigenvalue weighted by Crippen LogP contribution is 2.32. The molecule has 1 nitrogen and oxygen atoms in total. The minimum Gasteiger partial charge on any atom is -0.454 e. The van der Waals surface area contributed by atoms with Crippen molar-refractivity contribution in [3.63, 3.8) is 0 Å². The molecule has 0 fully saturated rings. The van der Waals surface area contributed by atoms with E-state index in [1.165, 1.54) is 24.3 Å². The van der Waals surface area contributed by atoms with Gasteiger partial charge >= 0.3 is 0 Å². The summed E-state index contributed by atoms with van der Waals surface area (Å²) in [5.41, 5.74) is 0.0870. The minimum atomic E-state index is -1.15. The van der Waals surface area contributed by atoms with Crippen LogP contribution in [0, 0.1) is 17.5 Å². The maximum absolute atomic E-state index is 13.6. The lowest BCUT2D eigenvalue weighted by atomic mass is 10.2. The number of benzene rings is 2. The second-order valence-corrected chi connectivity index (χ2v) is 4.83. The molecule has 0 atom stereocenters. The minimum absolute atomic E-state index is 0.0476. The van der Waals surface area contributed by atoms with Crippen molar-refractivity contribution in [1.82, 2.24) is 0 Å². The van der Waals surface area contributed by atoms with Crippen molar-refractivity contribution in [2.45, 2.75) is 5.88 Å². The van der Waals surface area contributed by atoms with Gasteiger partial charge in [0.05, 0.1) is 5.88 Å². The molecule has 0 amide bonds. The van der Waals surface area contributed by atoms with Gasteiger partial charge in [-0.1, -0.05) is 22.0 Å². The zero-order valence-electron chi connectivity index (χ0n) is 9.39. The Morgan fingerprint density at radius 2 is 1.79 bits per heavy atom. The smallest absolute Gasteiger partial charge is 0.201 e. The maximum atomic E-state index is 13.6. The number of hydrogen-bond acceptors (Lipinski definition) is 1. The molecular weight excluding hydrogens is 344 g/mol. The van der Waals surface area contributed by atoms with Crippen molar-refractivity contribution < 1.29 is 17.9 Å². The number of ether oxygens (including phenoxy) is 1. The molecule has 0 saturated carbocycles. The van der Waals surface area contributed by atoms with Gasteiger partial charge in [-0.15, -0.1) is 11.6 Å². The molecule has 19 heavy (non-hydrogen) atoms. The van der Waals surface area contributed by atoms with E-state index in [1.807, 2.05) is 0 Å². The molecule has 2 rings (SSSR count). The molecule has 0 aliphatic carbocycles. The van der Waals surface area contributed by atoms with Crippen LogP contribution in [0.2, 0.25) is 0 Å². The summed E-state index contributed by atoms with van der Waals surface area (Å²) in [7, 11) is 0. The third-order valence-corrected chi connectivity index (χ3v) is 3.11. The molecule has 0 saturated heterocycles. The second-order valence-electron chi connectivity index (χ2n) is 3.65. The topological polar surface area (TPSA) is 9.23 Å². The van der Waals surface area contributed by atoms with Crippen LogP contribution in [0.25, 0.3) is 0 Å². The number of alkyl halides is 1. The molecule has 0 heterocycles. The Hall–Kier alpha value is -1.20. The van der Waals surface area contributed by atoms with Crippen LogP contribution < -0.4 is 4.74 Å². The summed E-state index contributed by atoms with van der Waals surface area (Å²) >= 11 is 8.63. The molecule has 0 radical (unpaired) electrons. The third kappa shape index (κ3) is 3.04. The fraction of sp³-hybridized carbons (Fsp3) is 0.0769. The molecule has 6 heteroatoms. The molecule has 100 valence electrons. The van der Waals surface area contributed by atoms with Crippen LogP contribution in [0.15, 0.2) is 34.8 Å². The van der Waals surface area contributed by atoms with Gasteiger partial charge in [-0.05, 0) is 24.3 Å². The summed E-state index contributed by atoms with van der Waals surface area (Å²) in [6.45, 7) is 0. The molecule has 0 aliphatic heterocycles. The van der Waals surface area contributed by atoms with E-state index in [1.54, 1.807) is 0 Å². The Labute approximate surface area is 121 Å². The van der Waals surface area contributed by atoms with Crippen molar-refractivity contribution in [3.05, 3.63) is 57.8 Å². The van der Waals surface area contributed by atoms with Crippen LogP contribution in [-0.2, 0) is 5.88 Å². The van der Waals surface area contributed by atoms with Gasteiger partial charge in [0, 0.05) is 10.0 Å². The largest absolute Gasteiger partial charge is 0.454 e. The van der Waals surface area contributed by atoms with Crippen molar-refractivity contribution >= 4 is 27.5 Å². The summed E-state index contributed by atoms with van der Waals surface area (Å²) in [4.78, 5) is 0. The van der Waals surface area contributed by atoms with Gasteiger partial charge in [-0.3, -0.25) is 0 Å². The van der Waals surface area contributed by atoms with E-state index in [-0.39, 0.29) is 22.9 Å². The summed E-state index contributed by atoms with van der Waals surface area (Å²) < 4.78 is 45.8. The van der Waals surface area contributed by atoms with E-state index in [0.717, 1.165) is 6.07 Å². The standard InChI is InChI=1S/C13H7BrClF3O/c14-7-4-10(17)13(18)12(5-7)19-11-3-1-2-9(16)8(11)6-15/h1-5H,6H2. The number of halogens is 5. The first-order valence-electron chi connectivity index (χ1n) is 5.18. The van der Waals surface area contributed by atoms with Gasteiger partial charge in [0.15, 0.2) is 11.6 Å². The van der Waals surface area contributed by atoms with Crippen LogP contribution in [0.1, 0.15) is 5.56 Å². The van der Waals surface area contributed by atoms with Gasteiger partial charge in [0.2, 0.25) is 5.82 Å². The van der Waals surface area contributed by atoms with Crippen LogP contribution in [0.5, 0.6) is 11.5 Å². The fourth-order valence-electron chi connectivity index (χ4n) is 1.49. The zero-order chi connectivity index (χ0) is 14.0. The highest BCUT2D eigenvalue weighted by molar-refractivity contribution is 9.10. The maximum Gasteiger partial charge on any atom is 0.201 e. The fourth-order valence-corrected chi connectivity index (χ4v) is 2.16. The van der Waals surface area contributed by atoms with Gasteiger partial charge < -0.3 is 4.74 Å². The highest BCUT2D eigenvalue weighted by Gasteiger charge is 2.15. The first kappa shape index (κ1) is 14.2. The first-order valence-corrected chi connectivity index (χ1v) is 6.51. The Kier molecular flexibility index (Phi) is 4.37. The second kappa shape index (κ2) is 5.84. The summed E-state index contributed by atoms with van der Waals surface area (Å²) in [5, 5.41) is 0. The van der Waals surface area contributed by atoms with Crippen molar-refractivity contribution in [3.8, 4) is 11.5 Å². The molecular formula is C13H7BrClF3O. The Morgan fingerprint density at radius 3 is 2.47 bits per heavy atom. The van der Waals surface area contributed by atoms with Gasteiger partial charge in [-0.2, -0.15) is 4.39 Å². The molecule has 0 aromatic heterocycles.